The van der Waals surface area contributed by atoms with Crippen molar-refractivity contribution in [1.82, 2.24) is 9.97 Å². The Kier molecular flexibility index (Phi) is 5.32. The molecule has 0 saturated carbocycles. The summed E-state index contributed by atoms with van der Waals surface area (Å²) in [7, 11) is 0. The molecule has 8 heteroatoms. The van der Waals surface area contributed by atoms with E-state index < -0.39 is 16.9 Å². The van der Waals surface area contributed by atoms with Crippen molar-refractivity contribution in [3.05, 3.63) is 41.2 Å². The van der Waals surface area contributed by atoms with Gasteiger partial charge in [0.1, 0.15) is 10.7 Å². The van der Waals surface area contributed by atoms with E-state index in [1.54, 1.807) is 0 Å². The molecule has 0 radical (unpaired) electrons. The number of halogens is 4. The maximum absolute atomic E-state index is 12.7. The Hall–Kier alpha value is -2.02. The van der Waals surface area contributed by atoms with Gasteiger partial charge in [0, 0.05) is 30.7 Å². The molecule has 0 amide bonds. The fourth-order valence-electron chi connectivity index (χ4n) is 2.82. The number of nitrogens with zero attached hydrogens (tertiary/aromatic N) is 3. The average Bonchev–Trinajstić information content (AvgIpc) is 2.84. The van der Waals surface area contributed by atoms with Gasteiger partial charge in [-0.25, -0.2) is 9.97 Å². The summed E-state index contributed by atoms with van der Waals surface area (Å²) in [5.74, 6) is 0.0283. The molecular weight excluding hydrogens is 353 g/mol. The fourth-order valence-corrected chi connectivity index (χ4v) is 3.06. The van der Waals surface area contributed by atoms with Gasteiger partial charge in [0.05, 0.1) is 0 Å². The fraction of sp³-hybridized carbons (Fsp3) is 0.412. The minimum Gasteiger partial charge on any atom is -0.372 e. The van der Waals surface area contributed by atoms with Crippen LogP contribution in [0.5, 0.6) is 0 Å². The molecule has 0 atom stereocenters. The zero-order chi connectivity index (χ0) is 17.9. The third-order valence-corrected chi connectivity index (χ3v) is 4.43. The Morgan fingerprint density at radius 1 is 1.00 bits per heavy atom. The summed E-state index contributed by atoms with van der Waals surface area (Å²) in [5, 5.41) is 2.25. The second-order valence-electron chi connectivity index (χ2n) is 5.97. The summed E-state index contributed by atoms with van der Waals surface area (Å²) >= 11 is 5.60. The van der Waals surface area contributed by atoms with Crippen LogP contribution in [0.15, 0.2) is 30.5 Å². The van der Waals surface area contributed by atoms with Crippen LogP contribution in [0.3, 0.4) is 0 Å². The third-order valence-electron chi connectivity index (χ3n) is 4.14. The van der Waals surface area contributed by atoms with Gasteiger partial charge in [-0.1, -0.05) is 24.4 Å². The molecule has 2 aromatic rings. The van der Waals surface area contributed by atoms with Crippen LogP contribution < -0.4 is 10.2 Å². The van der Waals surface area contributed by atoms with Crippen molar-refractivity contribution >= 4 is 28.9 Å². The molecule has 0 unspecified atom stereocenters. The van der Waals surface area contributed by atoms with E-state index in [0.29, 0.717) is 11.9 Å². The Bertz CT molecular complexity index is 711. The van der Waals surface area contributed by atoms with Crippen LogP contribution in [-0.4, -0.2) is 23.1 Å². The van der Waals surface area contributed by atoms with Crippen molar-refractivity contribution in [3.63, 3.8) is 0 Å². The number of nitrogens with one attached hydrogen (secondary N) is 1. The summed E-state index contributed by atoms with van der Waals surface area (Å²) < 4.78 is 38.0. The molecule has 134 valence electrons. The van der Waals surface area contributed by atoms with Crippen molar-refractivity contribution in [2.75, 3.05) is 23.3 Å². The van der Waals surface area contributed by atoms with Crippen molar-refractivity contribution in [3.8, 4) is 0 Å². The first kappa shape index (κ1) is 17.8. The molecule has 1 aliphatic rings. The Balaban J connectivity index is 1.70. The molecule has 1 aliphatic heterocycles. The quantitative estimate of drug-likeness (QED) is 0.747. The highest BCUT2D eigenvalue weighted by atomic mass is 35.5. The van der Waals surface area contributed by atoms with Gasteiger partial charge in [-0.15, -0.1) is 0 Å². The van der Waals surface area contributed by atoms with Gasteiger partial charge in [0.2, 0.25) is 5.95 Å². The predicted molar refractivity (Wildman–Crippen MR) is 92.4 cm³/mol. The molecular formula is C17H18ClF3N4. The maximum Gasteiger partial charge on any atom is 0.420 e. The molecule has 0 spiro atoms. The lowest BCUT2D eigenvalue weighted by molar-refractivity contribution is -0.137. The number of rotatable bonds is 3. The summed E-state index contributed by atoms with van der Waals surface area (Å²) in [6.07, 6.45) is 1.04. The third kappa shape index (κ3) is 4.54. The summed E-state index contributed by atoms with van der Waals surface area (Å²) in [6.45, 7) is 2.09. The van der Waals surface area contributed by atoms with E-state index in [-0.39, 0.29) is 5.95 Å². The molecule has 25 heavy (non-hydrogen) atoms. The van der Waals surface area contributed by atoms with Gasteiger partial charge < -0.3 is 10.2 Å². The van der Waals surface area contributed by atoms with E-state index in [0.717, 1.165) is 18.8 Å². The molecule has 2 heterocycles. The largest absolute Gasteiger partial charge is 0.420 e. The van der Waals surface area contributed by atoms with E-state index in [4.69, 9.17) is 11.6 Å². The van der Waals surface area contributed by atoms with E-state index in [1.165, 1.54) is 25.7 Å². The minimum atomic E-state index is -4.57. The van der Waals surface area contributed by atoms with Crippen molar-refractivity contribution < 1.29 is 13.2 Å². The molecule has 1 aromatic heterocycles. The van der Waals surface area contributed by atoms with Crippen LogP contribution in [0.2, 0.25) is 5.15 Å². The molecule has 0 bridgehead atoms. The van der Waals surface area contributed by atoms with Crippen LogP contribution in [0.25, 0.3) is 0 Å². The number of hydrogen-bond acceptors (Lipinski definition) is 4. The van der Waals surface area contributed by atoms with Gasteiger partial charge in [0.15, 0.2) is 0 Å². The van der Waals surface area contributed by atoms with Gasteiger partial charge in [-0.05, 0) is 37.1 Å². The highest BCUT2D eigenvalue weighted by molar-refractivity contribution is 6.30. The number of anilines is 3. The SMILES string of the molecule is FC(F)(F)c1cnc(Nc2ccc(N3CCCCCC3)cc2)nc1Cl. The summed E-state index contributed by atoms with van der Waals surface area (Å²) in [4.78, 5) is 9.71. The number of aromatic nitrogens is 2. The zero-order valence-corrected chi connectivity index (χ0v) is 14.2. The second-order valence-corrected chi connectivity index (χ2v) is 6.33. The monoisotopic (exact) mass is 370 g/mol. The highest BCUT2D eigenvalue weighted by Crippen LogP contribution is 2.33. The standard InChI is InChI=1S/C17H18ClF3N4/c18-15-14(17(19,20)21)11-22-16(24-15)23-12-5-7-13(8-6-12)25-9-3-1-2-4-10-25/h5-8,11H,1-4,9-10H2,(H,22,23,24). The number of hydrogen-bond donors (Lipinski definition) is 1. The van der Waals surface area contributed by atoms with Crippen LogP contribution in [0.4, 0.5) is 30.5 Å². The van der Waals surface area contributed by atoms with Crippen molar-refractivity contribution in [1.29, 1.82) is 0 Å². The molecule has 3 rings (SSSR count). The molecule has 1 fully saturated rings. The highest BCUT2D eigenvalue weighted by Gasteiger charge is 2.34. The van der Waals surface area contributed by atoms with E-state index in [1.807, 2.05) is 24.3 Å². The Morgan fingerprint density at radius 2 is 1.64 bits per heavy atom. The molecule has 1 N–H and O–H groups in total. The predicted octanol–water partition coefficient (Wildman–Crippen LogP) is 5.27. The normalized spacial score (nSPS) is 15.8. The lowest BCUT2D eigenvalue weighted by Crippen LogP contribution is -2.23. The Morgan fingerprint density at radius 3 is 2.20 bits per heavy atom. The van der Waals surface area contributed by atoms with Crippen LogP contribution in [-0.2, 0) is 6.18 Å². The smallest absolute Gasteiger partial charge is 0.372 e. The van der Waals surface area contributed by atoms with Crippen molar-refractivity contribution in [2.24, 2.45) is 0 Å². The second kappa shape index (κ2) is 7.47. The lowest BCUT2D eigenvalue weighted by atomic mass is 10.2. The zero-order valence-electron chi connectivity index (χ0n) is 13.5. The minimum absolute atomic E-state index is 0.0283. The van der Waals surface area contributed by atoms with Crippen LogP contribution in [0.1, 0.15) is 31.2 Å². The Labute approximate surface area is 149 Å². The van der Waals surface area contributed by atoms with E-state index in [2.05, 4.69) is 20.2 Å². The van der Waals surface area contributed by atoms with Gasteiger partial charge in [0.25, 0.3) is 0 Å². The topological polar surface area (TPSA) is 41.1 Å². The lowest BCUT2D eigenvalue weighted by Gasteiger charge is -2.22. The molecule has 1 saturated heterocycles. The number of benzene rings is 1. The van der Waals surface area contributed by atoms with Gasteiger partial charge >= 0.3 is 6.18 Å². The van der Waals surface area contributed by atoms with Crippen LogP contribution >= 0.6 is 11.6 Å². The number of alkyl halides is 3. The average molecular weight is 371 g/mol. The molecule has 0 aliphatic carbocycles. The van der Waals surface area contributed by atoms with E-state index >= 15 is 0 Å². The first-order chi connectivity index (χ1) is 11.9. The van der Waals surface area contributed by atoms with Crippen LogP contribution in [0, 0.1) is 0 Å². The molecule has 1 aromatic carbocycles. The first-order valence-electron chi connectivity index (χ1n) is 8.15. The first-order valence-corrected chi connectivity index (χ1v) is 8.53. The van der Waals surface area contributed by atoms with Gasteiger partial charge in [-0.2, -0.15) is 13.2 Å². The maximum atomic E-state index is 12.7. The molecule has 4 nitrogen and oxygen atoms in total. The van der Waals surface area contributed by atoms with Gasteiger partial charge in [-0.3, -0.25) is 0 Å². The van der Waals surface area contributed by atoms with E-state index in [9.17, 15) is 13.2 Å². The summed E-state index contributed by atoms with van der Waals surface area (Å²) in [5.41, 5.74) is 0.782. The van der Waals surface area contributed by atoms with Crippen molar-refractivity contribution in [2.45, 2.75) is 31.9 Å². The summed E-state index contributed by atoms with van der Waals surface area (Å²) in [6, 6.07) is 7.68.